The highest BCUT2D eigenvalue weighted by molar-refractivity contribution is 5.86. The first-order valence-corrected chi connectivity index (χ1v) is 8.73. The molecule has 2 saturated heterocycles. The van der Waals surface area contributed by atoms with E-state index >= 15 is 0 Å². The highest BCUT2D eigenvalue weighted by Crippen LogP contribution is 2.30. The number of likely N-dealkylation sites (N-methyl/N-ethyl adjacent to an activating group) is 1. The van der Waals surface area contributed by atoms with Gasteiger partial charge in [0.05, 0.1) is 6.54 Å². The molecule has 2 amide bonds. The fourth-order valence-electron chi connectivity index (χ4n) is 3.81. The summed E-state index contributed by atoms with van der Waals surface area (Å²) in [5.74, 6) is 0.448. The minimum absolute atomic E-state index is 0.0882. The van der Waals surface area contributed by atoms with Crippen LogP contribution in [0.4, 0.5) is 0 Å². The number of piperidine rings is 1. The van der Waals surface area contributed by atoms with Crippen molar-refractivity contribution in [3.63, 3.8) is 0 Å². The van der Waals surface area contributed by atoms with Crippen LogP contribution in [-0.2, 0) is 19.9 Å². The van der Waals surface area contributed by atoms with Crippen molar-refractivity contribution < 1.29 is 14.3 Å². The van der Waals surface area contributed by atoms with E-state index in [-0.39, 0.29) is 11.8 Å². The summed E-state index contributed by atoms with van der Waals surface area (Å²) in [6.45, 7) is 2.58. The summed E-state index contributed by atoms with van der Waals surface area (Å²) < 4.78 is 7.07. The average Bonchev–Trinajstić information content (AvgIpc) is 3.17. The normalized spacial score (nSPS) is 25.5. The Bertz CT molecular complexity index is 568. The first-order valence-electron chi connectivity index (χ1n) is 8.73. The molecule has 0 aliphatic carbocycles. The van der Waals surface area contributed by atoms with E-state index in [0.29, 0.717) is 31.8 Å². The van der Waals surface area contributed by atoms with Gasteiger partial charge in [-0.1, -0.05) is 0 Å². The van der Waals surface area contributed by atoms with Crippen molar-refractivity contribution >= 4 is 11.8 Å². The van der Waals surface area contributed by atoms with Crippen molar-refractivity contribution in [2.75, 3.05) is 33.4 Å². The molecule has 0 spiro atoms. The Hall–Kier alpha value is -1.89. The molecule has 2 aliphatic heterocycles. The molecular weight excluding hydrogens is 308 g/mol. The van der Waals surface area contributed by atoms with Gasteiger partial charge < -0.3 is 15.0 Å². The predicted molar refractivity (Wildman–Crippen MR) is 88.2 cm³/mol. The Morgan fingerprint density at radius 2 is 2.17 bits per heavy atom. The molecule has 24 heavy (non-hydrogen) atoms. The smallest absolute Gasteiger partial charge is 0.249 e. The number of hydrogen-bond donors (Lipinski definition) is 1. The second-order valence-electron chi connectivity index (χ2n) is 6.74. The molecule has 132 valence electrons. The van der Waals surface area contributed by atoms with Crippen LogP contribution in [0.1, 0.15) is 32.1 Å². The second kappa shape index (κ2) is 7.34. The Balaban J connectivity index is 1.73. The van der Waals surface area contributed by atoms with Gasteiger partial charge >= 0.3 is 0 Å². The number of nitrogens with one attached hydrogen (secondary N) is 1. The molecule has 1 aromatic rings. The van der Waals surface area contributed by atoms with Gasteiger partial charge in [-0.25, -0.2) is 0 Å². The standard InChI is InChI=1S/C17H26N4O3/c1-18-16(23)17(21-9-3-7-19-21)6-2-8-20(13-17)15(22)12-14-4-10-24-11-5-14/h3,7,9,14H,2,4-6,8,10-13H2,1H3,(H,18,23). The lowest BCUT2D eigenvalue weighted by Crippen LogP contribution is -2.59. The Morgan fingerprint density at radius 3 is 2.83 bits per heavy atom. The topological polar surface area (TPSA) is 76.5 Å². The molecule has 3 heterocycles. The van der Waals surface area contributed by atoms with Crippen molar-refractivity contribution in [1.29, 1.82) is 0 Å². The molecule has 3 rings (SSSR count). The van der Waals surface area contributed by atoms with Gasteiger partial charge in [-0.15, -0.1) is 0 Å². The van der Waals surface area contributed by atoms with E-state index in [0.717, 1.165) is 32.5 Å². The van der Waals surface area contributed by atoms with Gasteiger partial charge in [0, 0.05) is 45.6 Å². The van der Waals surface area contributed by atoms with Crippen molar-refractivity contribution in [2.24, 2.45) is 5.92 Å². The molecule has 1 atom stereocenters. The van der Waals surface area contributed by atoms with Gasteiger partial charge in [0.25, 0.3) is 0 Å². The zero-order chi connectivity index (χ0) is 17.0. The van der Waals surface area contributed by atoms with Gasteiger partial charge in [0.1, 0.15) is 0 Å². The Labute approximate surface area is 142 Å². The third kappa shape index (κ3) is 3.31. The zero-order valence-corrected chi connectivity index (χ0v) is 14.2. The number of likely N-dealkylation sites (tertiary alicyclic amines) is 1. The molecule has 0 saturated carbocycles. The number of amides is 2. The number of rotatable bonds is 4. The van der Waals surface area contributed by atoms with E-state index in [4.69, 9.17) is 4.74 Å². The molecule has 7 heteroatoms. The largest absolute Gasteiger partial charge is 0.381 e. The fourth-order valence-corrected chi connectivity index (χ4v) is 3.81. The number of ether oxygens (including phenoxy) is 1. The number of aromatic nitrogens is 2. The lowest BCUT2D eigenvalue weighted by molar-refractivity contribution is -0.141. The first-order chi connectivity index (χ1) is 11.7. The Kier molecular flexibility index (Phi) is 5.18. The summed E-state index contributed by atoms with van der Waals surface area (Å²) in [6, 6.07) is 1.81. The summed E-state index contributed by atoms with van der Waals surface area (Å²) in [6.07, 6.45) is 7.41. The third-order valence-corrected chi connectivity index (χ3v) is 5.22. The molecule has 1 unspecified atom stereocenters. The van der Waals surface area contributed by atoms with Gasteiger partial charge in [0.2, 0.25) is 11.8 Å². The quantitative estimate of drug-likeness (QED) is 0.882. The minimum Gasteiger partial charge on any atom is -0.381 e. The maximum Gasteiger partial charge on any atom is 0.249 e. The van der Waals surface area contributed by atoms with Crippen LogP contribution in [0.5, 0.6) is 0 Å². The summed E-state index contributed by atoms with van der Waals surface area (Å²) in [5.41, 5.74) is -0.804. The average molecular weight is 334 g/mol. The summed E-state index contributed by atoms with van der Waals surface area (Å²) in [4.78, 5) is 27.2. The maximum absolute atomic E-state index is 12.8. The monoisotopic (exact) mass is 334 g/mol. The molecule has 0 radical (unpaired) electrons. The highest BCUT2D eigenvalue weighted by Gasteiger charge is 2.45. The van der Waals surface area contributed by atoms with Gasteiger partial charge in [-0.2, -0.15) is 5.10 Å². The lowest BCUT2D eigenvalue weighted by Gasteiger charge is -2.42. The van der Waals surface area contributed by atoms with Crippen molar-refractivity contribution in [2.45, 2.75) is 37.6 Å². The summed E-state index contributed by atoms with van der Waals surface area (Å²) in [5, 5.41) is 7.04. The van der Waals surface area contributed by atoms with Crippen LogP contribution in [0.2, 0.25) is 0 Å². The number of carbonyl (C=O) groups excluding carboxylic acids is 2. The van der Waals surface area contributed by atoms with Gasteiger partial charge in [-0.3, -0.25) is 14.3 Å². The second-order valence-corrected chi connectivity index (χ2v) is 6.74. The molecule has 0 aromatic carbocycles. The van der Waals surface area contributed by atoms with Crippen LogP contribution >= 0.6 is 0 Å². The summed E-state index contributed by atoms with van der Waals surface area (Å²) in [7, 11) is 1.64. The van der Waals surface area contributed by atoms with Crippen LogP contribution < -0.4 is 5.32 Å². The number of nitrogens with zero attached hydrogens (tertiary/aromatic N) is 3. The third-order valence-electron chi connectivity index (χ3n) is 5.22. The molecular formula is C17H26N4O3. The molecule has 2 fully saturated rings. The predicted octanol–water partition coefficient (Wildman–Crippen LogP) is 0.763. The van der Waals surface area contributed by atoms with Crippen LogP contribution in [0.3, 0.4) is 0 Å². The van der Waals surface area contributed by atoms with Crippen molar-refractivity contribution in [3.05, 3.63) is 18.5 Å². The van der Waals surface area contributed by atoms with E-state index < -0.39 is 5.54 Å². The van der Waals surface area contributed by atoms with Gasteiger partial charge in [-0.05, 0) is 37.7 Å². The highest BCUT2D eigenvalue weighted by atomic mass is 16.5. The van der Waals surface area contributed by atoms with E-state index in [2.05, 4.69) is 10.4 Å². The lowest BCUT2D eigenvalue weighted by atomic mass is 9.87. The minimum atomic E-state index is -0.804. The van der Waals surface area contributed by atoms with E-state index in [1.807, 2.05) is 17.2 Å². The number of hydrogen-bond acceptors (Lipinski definition) is 4. The van der Waals surface area contributed by atoms with E-state index in [1.165, 1.54) is 0 Å². The van der Waals surface area contributed by atoms with Gasteiger partial charge in [0.15, 0.2) is 5.54 Å². The maximum atomic E-state index is 12.8. The molecule has 1 N–H and O–H groups in total. The SMILES string of the molecule is CNC(=O)C1(n2cccn2)CCCN(C(=O)CC2CCOCC2)C1. The molecule has 7 nitrogen and oxygen atoms in total. The Morgan fingerprint density at radius 1 is 1.38 bits per heavy atom. The fraction of sp³-hybridized carbons (Fsp3) is 0.706. The van der Waals surface area contributed by atoms with E-state index in [1.54, 1.807) is 17.9 Å². The van der Waals surface area contributed by atoms with Crippen LogP contribution in [0, 0.1) is 5.92 Å². The van der Waals surface area contributed by atoms with Crippen LogP contribution in [-0.4, -0.2) is 59.8 Å². The molecule has 0 bridgehead atoms. The van der Waals surface area contributed by atoms with Crippen molar-refractivity contribution in [1.82, 2.24) is 20.0 Å². The zero-order valence-electron chi connectivity index (χ0n) is 14.2. The summed E-state index contributed by atoms with van der Waals surface area (Å²) >= 11 is 0. The first kappa shape index (κ1) is 17.0. The van der Waals surface area contributed by atoms with Crippen LogP contribution in [0.25, 0.3) is 0 Å². The molecule has 1 aromatic heterocycles. The van der Waals surface area contributed by atoms with Crippen LogP contribution in [0.15, 0.2) is 18.5 Å². The number of carbonyl (C=O) groups is 2. The molecule has 2 aliphatic rings. The van der Waals surface area contributed by atoms with Crippen molar-refractivity contribution in [3.8, 4) is 0 Å². The van der Waals surface area contributed by atoms with E-state index in [9.17, 15) is 9.59 Å².